The summed E-state index contributed by atoms with van der Waals surface area (Å²) < 4.78 is 0. The topological polar surface area (TPSA) is 36.7 Å². The van der Waals surface area contributed by atoms with Gasteiger partial charge in [-0.3, -0.25) is 0 Å². The molecule has 0 aliphatic heterocycles. The third kappa shape index (κ3) is 3.28. The molecule has 108 valence electrons. The Kier molecular flexibility index (Phi) is 4.39. The van der Waals surface area contributed by atoms with Crippen LogP contribution < -0.4 is 0 Å². The van der Waals surface area contributed by atoms with Gasteiger partial charge in [0.2, 0.25) is 0 Å². The van der Waals surface area contributed by atoms with Crippen molar-refractivity contribution in [1.29, 1.82) is 5.26 Å². The van der Waals surface area contributed by atoms with Crippen LogP contribution in [0.2, 0.25) is 5.02 Å². The first kappa shape index (κ1) is 15.0. The summed E-state index contributed by atoms with van der Waals surface area (Å²) in [4.78, 5) is 6.87. The Labute approximate surface area is 142 Å². The molecule has 0 saturated heterocycles. The third-order valence-electron chi connectivity index (χ3n) is 3.04. The Balaban J connectivity index is 1.93. The van der Waals surface area contributed by atoms with Crippen LogP contribution in [0.5, 0.6) is 0 Å². The number of thiazole rings is 1. The average Bonchev–Trinajstić information content (AvgIpc) is 3.15. The molecule has 0 bridgehead atoms. The number of hydrogen-bond donors (Lipinski definition) is 0. The van der Waals surface area contributed by atoms with E-state index in [1.807, 2.05) is 47.9 Å². The van der Waals surface area contributed by atoms with Crippen LogP contribution in [0.3, 0.4) is 0 Å². The maximum atomic E-state index is 9.40. The zero-order chi connectivity index (χ0) is 15.5. The van der Waals surface area contributed by atoms with E-state index >= 15 is 0 Å². The number of rotatable bonds is 3. The van der Waals surface area contributed by atoms with Gasteiger partial charge in [0.1, 0.15) is 11.1 Å². The van der Waals surface area contributed by atoms with E-state index in [0.29, 0.717) is 10.6 Å². The minimum Gasteiger partial charge on any atom is -0.235 e. The Morgan fingerprint density at radius 1 is 1.23 bits per heavy atom. The molecule has 0 aliphatic carbocycles. The maximum Gasteiger partial charge on any atom is 0.134 e. The quantitative estimate of drug-likeness (QED) is 0.556. The number of allylic oxidation sites excluding steroid dienone is 1. The van der Waals surface area contributed by atoms with E-state index in [9.17, 15) is 5.26 Å². The van der Waals surface area contributed by atoms with Crippen molar-refractivity contribution in [2.24, 2.45) is 0 Å². The van der Waals surface area contributed by atoms with Gasteiger partial charge >= 0.3 is 0 Å². The normalized spacial score (nSPS) is 11.4. The van der Waals surface area contributed by atoms with E-state index in [0.717, 1.165) is 21.1 Å². The molecule has 3 aromatic rings. The summed E-state index contributed by atoms with van der Waals surface area (Å²) in [6.45, 7) is 2.05. The minimum absolute atomic E-state index is 0.590. The number of nitrogens with zero attached hydrogens (tertiary/aromatic N) is 2. The predicted molar refractivity (Wildman–Crippen MR) is 95.1 cm³/mol. The molecule has 0 atom stereocenters. The van der Waals surface area contributed by atoms with Crippen molar-refractivity contribution in [3.05, 3.63) is 61.6 Å². The van der Waals surface area contributed by atoms with Crippen LogP contribution in [0.4, 0.5) is 0 Å². The Morgan fingerprint density at radius 3 is 2.64 bits per heavy atom. The van der Waals surface area contributed by atoms with Crippen molar-refractivity contribution >= 4 is 45.9 Å². The largest absolute Gasteiger partial charge is 0.235 e. The molecule has 1 aromatic carbocycles. The third-order valence-corrected chi connectivity index (χ3v) is 5.12. The molecule has 0 unspecified atom stereocenters. The van der Waals surface area contributed by atoms with Crippen molar-refractivity contribution in [3.8, 4) is 17.3 Å². The van der Waals surface area contributed by atoms with E-state index in [1.165, 1.54) is 16.2 Å². The monoisotopic (exact) mass is 342 g/mol. The van der Waals surface area contributed by atoms with Crippen LogP contribution in [-0.2, 0) is 0 Å². The number of aromatic nitrogens is 1. The molecule has 0 fully saturated rings. The van der Waals surface area contributed by atoms with Crippen LogP contribution in [0.1, 0.15) is 14.8 Å². The van der Waals surface area contributed by atoms with Crippen molar-refractivity contribution < 1.29 is 0 Å². The summed E-state index contributed by atoms with van der Waals surface area (Å²) in [7, 11) is 0. The lowest BCUT2D eigenvalue weighted by molar-refractivity contribution is 1.37. The van der Waals surface area contributed by atoms with Gasteiger partial charge in [0.25, 0.3) is 0 Å². The number of benzene rings is 1. The van der Waals surface area contributed by atoms with Crippen LogP contribution in [0.15, 0.2) is 41.8 Å². The lowest BCUT2D eigenvalue weighted by atomic mass is 10.2. The average molecular weight is 343 g/mol. The van der Waals surface area contributed by atoms with Gasteiger partial charge < -0.3 is 0 Å². The molecule has 0 amide bonds. The molecular formula is C17H11ClN2S2. The second-order valence-electron chi connectivity index (χ2n) is 4.66. The molecule has 0 aliphatic rings. The summed E-state index contributed by atoms with van der Waals surface area (Å²) >= 11 is 9.04. The summed E-state index contributed by atoms with van der Waals surface area (Å²) in [6, 6.07) is 13.8. The van der Waals surface area contributed by atoms with Crippen molar-refractivity contribution in [1.82, 2.24) is 4.98 Å². The molecule has 0 saturated carbocycles. The van der Waals surface area contributed by atoms with E-state index < -0.39 is 0 Å². The molecule has 0 N–H and O–H groups in total. The lowest BCUT2D eigenvalue weighted by Crippen LogP contribution is -1.82. The van der Waals surface area contributed by atoms with Crippen molar-refractivity contribution in [3.63, 3.8) is 0 Å². The van der Waals surface area contributed by atoms with E-state index in [4.69, 9.17) is 11.6 Å². The number of nitriles is 1. The smallest absolute Gasteiger partial charge is 0.134 e. The molecule has 2 aromatic heterocycles. The van der Waals surface area contributed by atoms with E-state index in [1.54, 1.807) is 11.3 Å². The minimum atomic E-state index is 0.590. The Morgan fingerprint density at radius 2 is 2.00 bits per heavy atom. The fourth-order valence-corrected chi connectivity index (χ4v) is 3.71. The first-order valence-corrected chi connectivity index (χ1v) is 8.63. The van der Waals surface area contributed by atoms with Crippen molar-refractivity contribution in [2.75, 3.05) is 0 Å². The summed E-state index contributed by atoms with van der Waals surface area (Å²) in [5.74, 6) is 0. The van der Waals surface area contributed by atoms with Gasteiger partial charge in [-0.05, 0) is 37.3 Å². The maximum absolute atomic E-state index is 9.40. The molecule has 3 rings (SSSR count). The van der Waals surface area contributed by atoms with Gasteiger partial charge in [-0.25, -0.2) is 4.98 Å². The second-order valence-corrected chi connectivity index (χ2v) is 7.28. The standard InChI is InChI=1S/C17H11ClN2S2/c1-11-2-7-15(22-11)8-13(9-19)17-20-16(10-21-17)12-3-5-14(18)6-4-12/h2-8,10H,1H3. The predicted octanol–water partition coefficient (Wildman–Crippen LogP) is 5.90. The highest BCUT2D eigenvalue weighted by Crippen LogP contribution is 2.29. The Bertz CT molecular complexity index is 867. The molecule has 22 heavy (non-hydrogen) atoms. The fourth-order valence-electron chi connectivity index (χ4n) is 1.97. The van der Waals surface area contributed by atoms with E-state index in [2.05, 4.69) is 18.0 Å². The van der Waals surface area contributed by atoms with Gasteiger partial charge in [0, 0.05) is 25.7 Å². The highest BCUT2D eigenvalue weighted by Gasteiger charge is 2.09. The van der Waals surface area contributed by atoms with Crippen LogP contribution in [0, 0.1) is 18.3 Å². The van der Waals surface area contributed by atoms with Gasteiger partial charge in [-0.15, -0.1) is 22.7 Å². The first-order chi connectivity index (χ1) is 10.7. The zero-order valence-electron chi connectivity index (χ0n) is 11.7. The summed E-state index contributed by atoms with van der Waals surface area (Å²) in [5, 5.41) is 12.8. The van der Waals surface area contributed by atoms with Gasteiger partial charge in [-0.2, -0.15) is 5.26 Å². The molecule has 5 heteroatoms. The lowest BCUT2D eigenvalue weighted by Gasteiger charge is -1.96. The zero-order valence-corrected chi connectivity index (χ0v) is 14.1. The van der Waals surface area contributed by atoms with Crippen molar-refractivity contribution in [2.45, 2.75) is 6.92 Å². The molecule has 0 spiro atoms. The number of hydrogen-bond acceptors (Lipinski definition) is 4. The van der Waals surface area contributed by atoms with Gasteiger partial charge in [0.05, 0.1) is 11.3 Å². The molecule has 0 radical (unpaired) electrons. The summed E-state index contributed by atoms with van der Waals surface area (Å²) in [5.41, 5.74) is 2.45. The first-order valence-electron chi connectivity index (χ1n) is 6.56. The number of thiophene rings is 1. The number of aryl methyl sites for hydroxylation is 1. The molecular weight excluding hydrogens is 332 g/mol. The van der Waals surface area contributed by atoms with Gasteiger partial charge in [-0.1, -0.05) is 23.7 Å². The van der Waals surface area contributed by atoms with E-state index in [-0.39, 0.29) is 0 Å². The number of halogens is 1. The molecule has 2 heterocycles. The SMILES string of the molecule is Cc1ccc(C=C(C#N)c2nc(-c3ccc(Cl)cc3)cs2)s1. The van der Waals surface area contributed by atoms with Crippen LogP contribution in [-0.4, -0.2) is 4.98 Å². The molecule has 2 nitrogen and oxygen atoms in total. The van der Waals surface area contributed by atoms with Crippen LogP contribution >= 0.6 is 34.3 Å². The van der Waals surface area contributed by atoms with Gasteiger partial charge in [0.15, 0.2) is 0 Å². The highest BCUT2D eigenvalue weighted by atomic mass is 35.5. The second kappa shape index (κ2) is 6.45. The van der Waals surface area contributed by atoms with Crippen LogP contribution in [0.25, 0.3) is 22.9 Å². The highest BCUT2D eigenvalue weighted by molar-refractivity contribution is 7.13. The fraction of sp³-hybridized carbons (Fsp3) is 0.0588. The Hall–Kier alpha value is -1.93. The summed E-state index contributed by atoms with van der Waals surface area (Å²) in [6.07, 6.45) is 1.89.